The molecule has 2 aliphatic carbocycles. The lowest BCUT2D eigenvalue weighted by Gasteiger charge is -2.29. The number of unbranched alkanes of at least 4 members (excludes halogenated alkanes) is 2. The molecular weight excluding hydrogens is 592 g/mol. The van der Waals surface area contributed by atoms with Crippen molar-refractivity contribution >= 4 is 5.97 Å². The van der Waals surface area contributed by atoms with Gasteiger partial charge in [0.2, 0.25) is 0 Å². The van der Waals surface area contributed by atoms with Gasteiger partial charge in [0.25, 0.3) is 0 Å². The third-order valence-electron chi connectivity index (χ3n) is 9.88. The second kappa shape index (κ2) is 21.2. The van der Waals surface area contributed by atoms with Crippen molar-refractivity contribution < 1.29 is 22.2 Å². The number of benzene rings is 3. The molecule has 48 heavy (non-hydrogen) atoms. The summed E-state index contributed by atoms with van der Waals surface area (Å²) in [6.07, 6.45) is 21.4. The van der Waals surface area contributed by atoms with E-state index in [0.717, 1.165) is 17.0 Å². The van der Waals surface area contributed by atoms with Crippen LogP contribution in [0.25, 0.3) is 0 Å². The van der Waals surface area contributed by atoms with Crippen LogP contribution in [-0.4, -0.2) is 12.6 Å². The Hall–Kier alpha value is -3.83. The first kappa shape index (κ1) is 37.0. The molecule has 3 aromatic carbocycles. The molecule has 0 bridgehead atoms. The smallest absolute Gasteiger partial charge is 0.338 e. The molecule has 0 spiro atoms. The average molecular weight is 651 g/mol. The van der Waals surface area contributed by atoms with Gasteiger partial charge in [0, 0.05) is 2.85 Å². The average Bonchev–Trinajstić information content (AvgIpc) is 3.15. The van der Waals surface area contributed by atoms with E-state index in [0.29, 0.717) is 24.0 Å². The Morgan fingerprint density at radius 2 is 1.48 bits per heavy atom. The maximum absolute atomic E-state index is 12.9. The highest BCUT2D eigenvalue weighted by Gasteiger charge is 2.22. The Balaban J connectivity index is 0.00000116. The van der Waals surface area contributed by atoms with Gasteiger partial charge < -0.3 is 4.74 Å². The first-order valence-corrected chi connectivity index (χ1v) is 18.2. The number of terminal acetylenes is 1. The van der Waals surface area contributed by atoms with Gasteiger partial charge >= 0.3 is 5.97 Å². The van der Waals surface area contributed by atoms with E-state index < -0.39 is 6.10 Å². The van der Waals surface area contributed by atoms with Gasteiger partial charge in [-0.15, -0.1) is 6.42 Å². The maximum Gasteiger partial charge on any atom is 0.338 e. The molecular formula is C44H58O4. The van der Waals surface area contributed by atoms with Crippen molar-refractivity contribution in [3.63, 3.8) is 0 Å². The first-order valence-electron chi connectivity index (χ1n) is 18.2. The van der Waals surface area contributed by atoms with Crippen LogP contribution in [0.3, 0.4) is 0 Å². The predicted octanol–water partition coefficient (Wildman–Crippen LogP) is 11.8. The molecule has 2 aliphatic rings. The largest absolute Gasteiger partial charge is 0.459 e. The molecule has 0 saturated heterocycles. The van der Waals surface area contributed by atoms with Crippen molar-refractivity contribution in [3.8, 4) is 24.2 Å². The minimum absolute atomic E-state index is 0. The van der Waals surface area contributed by atoms with Gasteiger partial charge in [0.15, 0.2) is 6.10 Å². The molecule has 1 atom stereocenters. The second-order valence-electron chi connectivity index (χ2n) is 13.3. The fourth-order valence-electron chi connectivity index (χ4n) is 7.02. The zero-order valence-corrected chi connectivity index (χ0v) is 29.1. The zero-order chi connectivity index (χ0) is 33.8. The second-order valence-corrected chi connectivity index (χ2v) is 13.3. The Kier molecular flexibility index (Phi) is 16.3. The normalized spacial score (nSPS) is 18.3. The topological polar surface area (TPSA) is 44.8 Å². The summed E-state index contributed by atoms with van der Waals surface area (Å²) in [5.74, 6) is 8.95. The van der Waals surface area contributed by atoms with Crippen LogP contribution in [0.4, 0.5) is 0 Å². The molecule has 0 N–H and O–H groups in total. The van der Waals surface area contributed by atoms with Gasteiger partial charge in [-0.1, -0.05) is 125 Å². The molecule has 0 aliphatic heterocycles. The van der Waals surface area contributed by atoms with E-state index in [9.17, 15) is 4.79 Å². The maximum atomic E-state index is 12.9. The minimum atomic E-state index is -0.515. The van der Waals surface area contributed by atoms with E-state index in [1.165, 1.54) is 94.6 Å². The number of rotatable bonds is 14. The highest BCUT2D eigenvalue weighted by atomic mass is 17.2. The molecule has 0 aromatic heterocycles. The predicted molar refractivity (Wildman–Crippen MR) is 199 cm³/mol. The number of esters is 1. The van der Waals surface area contributed by atoms with Crippen molar-refractivity contribution in [1.82, 2.24) is 0 Å². The van der Waals surface area contributed by atoms with Crippen LogP contribution in [0.15, 0.2) is 78.9 Å². The molecule has 1 unspecified atom stereocenters. The van der Waals surface area contributed by atoms with E-state index in [2.05, 4.69) is 61.1 Å². The summed E-state index contributed by atoms with van der Waals surface area (Å²) in [7, 11) is 0. The fourth-order valence-corrected chi connectivity index (χ4v) is 7.02. The third-order valence-corrected chi connectivity index (χ3v) is 9.88. The van der Waals surface area contributed by atoms with Crippen molar-refractivity contribution in [3.05, 3.63) is 107 Å². The van der Waals surface area contributed by atoms with Crippen LogP contribution < -0.4 is 0 Å². The molecule has 2 saturated carbocycles. The molecule has 5 rings (SSSR count). The van der Waals surface area contributed by atoms with Crippen LogP contribution in [0.5, 0.6) is 0 Å². The molecule has 0 radical (unpaired) electrons. The van der Waals surface area contributed by atoms with Crippen molar-refractivity contribution in [1.29, 1.82) is 0 Å². The standard InChI is InChI=1S/C39H50O4.C5H4.2H2/c1-2-3-6-11-30-16-20-33(21-17-30)34-22-18-31(19-23-34)28-42-43-38(36-14-9-5-10-15-36)29-41-39(40)37-26-24-35(25-27-37)32-12-7-4-8-13-32;1-3-5-4-2;;/h5,9-10,14-15,18-19,22-27,30,32-33,38H,2-4,6-8,11-13,16-17,20-21,28-29H2,1H3;1H,2H3;2*1H. The van der Waals surface area contributed by atoms with E-state index in [1.807, 2.05) is 42.5 Å². The molecule has 4 nitrogen and oxygen atoms in total. The summed E-state index contributed by atoms with van der Waals surface area (Å²) < 4.78 is 5.71. The SMILES string of the molecule is C#CC#CC.CCCCCC1CCC(c2ccc(COOC(COC(=O)c3ccc(C4CCCCC4)cc3)c3ccccc3)cc2)CC1.[HH].[HH]. The minimum Gasteiger partial charge on any atom is -0.459 e. The summed E-state index contributed by atoms with van der Waals surface area (Å²) in [6, 6.07) is 26.6. The Morgan fingerprint density at radius 3 is 2.08 bits per heavy atom. The Labute approximate surface area is 292 Å². The van der Waals surface area contributed by atoms with Crippen LogP contribution in [0, 0.1) is 30.1 Å². The van der Waals surface area contributed by atoms with Gasteiger partial charge in [0.05, 0.1) is 5.56 Å². The quantitative estimate of drug-likeness (QED) is 0.0572. The highest BCUT2D eigenvalue weighted by molar-refractivity contribution is 5.89. The van der Waals surface area contributed by atoms with Gasteiger partial charge in [-0.3, -0.25) is 0 Å². The van der Waals surface area contributed by atoms with Gasteiger partial charge in [0.1, 0.15) is 13.2 Å². The van der Waals surface area contributed by atoms with Crippen LogP contribution in [0.2, 0.25) is 0 Å². The number of carbonyl (C=O) groups excluding carboxylic acids is 1. The van der Waals surface area contributed by atoms with Gasteiger partial charge in [-0.25, -0.2) is 14.6 Å². The van der Waals surface area contributed by atoms with Crippen molar-refractivity contribution in [2.75, 3.05) is 6.61 Å². The molecule has 258 valence electrons. The molecule has 3 aromatic rings. The van der Waals surface area contributed by atoms with E-state index >= 15 is 0 Å². The van der Waals surface area contributed by atoms with Gasteiger partial charge in [-0.2, -0.15) is 0 Å². The van der Waals surface area contributed by atoms with Gasteiger partial charge in [-0.05, 0) is 109 Å². The van der Waals surface area contributed by atoms with Crippen LogP contribution >= 0.6 is 0 Å². The highest BCUT2D eigenvalue weighted by Crippen LogP contribution is 2.38. The van der Waals surface area contributed by atoms with E-state index in [4.69, 9.17) is 20.9 Å². The number of hydrogen-bond donors (Lipinski definition) is 0. The first-order chi connectivity index (χ1) is 23.6. The van der Waals surface area contributed by atoms with Crippen LogP contribution in [-0.2, 0) is 21.1 Å². The summed E-state index contributed by atoms with van der Waals surface area (Å²) >= 11 is 0. The van der Waals surface area contributed by atoms with E-state index in [-0.39, 0.29) is 15.4 Å². The Morgan fingerprint density at radius 1 is 0.833 bits per heavy atom. The Bertz CT molecular complexity index is 1440. The summed E-state index contributed by atoms with van der Waals surface area (Å²) in [6.45, 7) is 4.41. The fraction of sp³-hybridized carbons (Fsp3) is 0.477. The lowest BCUT2D eigenvalue weighted by atomic mass is 9.77. The number of carbonyl (C=O) groups is 1. The van der Waals surface area contributed by atoms with Crippen molar-refractivity contribution in [2.24, 2.45) is 5.92 Å². The summed E-state index contributed by atoms with van der Waals surface area (Å²) in [5.41, 5.74) is 5.31. The number of ether oxygens (including phenoxy) is 1. The summed E-state index contributed by atoms with van der Waals surface area (Å²) in [5, 5.41) is 0. The molecule has 2 fully saturated rings. The van der Waals surface area contributed by atoms with Crippen molar-refractivity contribution in [2.45, 2.75) is 122 Å². The monoisotopic (exact) mass is 650 g/mol. The summed E-state index contributed by atoms with van der Waals surface area (Å²) in [4.78, 5) is 24.4. The molecule has 4 heteroatoms. The lowest BCUT2D eigenvalue weighted by molar-refractivity contribution is -0.340. The molecule has 0 heterocycles. The van der Waals surface area contributed by atoms with Crippen LogP contribution in [0.1, 0.15) is 151 Å². The number of hydrogen-bond acceptors (Lipinski definition) is 4. The van der Waals surface area contributed by atoms with E-state index in [1.54, 1.807) is 6.92 Å². The third kappa shape index (κ3) is 12.3. The molecule has 0 amide bonds. The lowest BCUT2D eigenvalue weighted by Crippen LogP contribution is -2.16. The zero-order valence-electron chi connectivity index (χ0n) is 29.1.